The Kier molecular flexibility index (Phi) is 4.63. The van der Waals surface area contributed by atoms with Gasteiger partial charge in [-0.05, 0) is 35.9 Å². The highest BCUT2D eigenvalue weighted by Gasteiger charge is 2.18. The molecular formula is C14H15NO3S. The number of rotatable bonds is 4. The van der Waals surface area contributed by atoms with Crippen molar-refractivity contribution >= 4 is 29.7 Å². The molecule has 1 heterocycles. The Morgan fingerprint density at radius 3 is 2.95 bits per heavy atom. The van der Waals surface area contributed by atoms with E-state index in [4.69, 9.17) is 5.11 Å². The zero-order valence-electron chi connectivity index (χ0n) is 10.3. The van der Waals surface area contributed by atoms with Crippen molar-refractivity contribution in [3.05, 3.63) is 41.5 Å². The first-order chi connectivity index (χ1) is 9.15. The molecule has 4 nitrogen and oxygen atoms in total. The van der Waals surface area contributed by atoms with Crippen LogP contribution in [0.2, 0.25) is 0 Å². The van der Waals surface area contributed by atoms with Crippen LogP contribution in [-0.2, 0) is 4.79 Å². The lowest BCUT2D eigenvalue weighted by molar-refractivity contribution is -0.131. The molecular weight excluding hydrogens is 262 g/mol. The van der Waals surface area contributed by atoms with E-state index in [0.717, 1.165) is 24.0 Å². The normalized spacial score (nSPS) is 18.6. The second-order valence-electron chi connectivity index (χ2n) is 4.33. The Balaban J connectivity index is 2.04. The van der Waals surface area contributed by atoms with E-state index in [9.17, 15) is 9.59 Å². The Labute approximate surface area is 115 Å². The Bertz CT molecular complexity index is 507. The van der Waals surface area contributed by atoms with Crippen LogP contribution in [0.25, 0.3) is 6.08 Å². The molecule has 0 radical (unpaired) electrons. The Morgan fingerprint density at radius 1 is 1.42 bits per heavy atom. The Morgan fingerprint density at radius 2 is 2.26 bits per heavy atom. The van der Waals surface area contributed by atoms with Gasteiger partial charge in [0.2, 0.25) is 0 Å². The fraction of sp³-hybridized carbons (Fsp3) is 0.286. The predicted molar refractivity (Wildman–Crippen MR) is 76.3 cm³/mol. The number of thioether (sulfide) groups is 1. The monoisotopic (exact) mass is 277 g/mol. The second kappa shape index (κ2) is 6.43. The second-order valence-corrected chi connectivity index (χ2v) is 5.48. The molecule has 1 aliphatic heterocycles. The first-order valence-corrected chi connectivity index (χ1v) is 7.20. The number of nitrogens with one attached hydrogen (secondary N) is 1. The zero-order chi connectivity index (χ0) is 13.7. The van der Waals surface area contributed by atoms with Crippen LogP contribution in [0.15, 0.2) is 30.3 Å². The first kappa shape index (κ1) is 13.7. The van der Waals surface area contributed by atoms with Crippen molar-refractivity contribution in [2.45, 2.75) is 12.5 Å². The minimum atomic E-state index is -1.00. The average molecular weight is 277 g/mol. The zero-order valence-corrected chi connectivity index (χ0v) is 11.2. The lowest BCUT2D eigenvalue weighted by Crippen LogP contribution is -2.34. The highest BCUT2D eigenvalue weighted by molar-refractivity contribution is 7.99. The van der Waals surface area contributed by atoms with Gasteiger partial charge in [-0.15, -0.1) is 0 Å². The fourth-order valence-corrected chi connectivity index (χ4v) is 3.02. The summed E-state index contributed by atoms with van der Waals surface area (Å²) in [6.07, 6.45) is 3.55. The van der Waals surface area contributed by atoms with Crippen molar-refractivity contribution in [3.8, 4) is 0 Å². The number of aliphatic carboxylic acids is 1. The van der Waals surface area contributed by atoms with Crippen LogP contribution in [0.4, 0.5) is 0 Å². The number of carboxylic acids is 1. The smallest absolute Gasteiger partial charge is 0.328 e. The third-order valence-electron chi connectivity index (χ3n) is 2.83. The van der Waals surface area contributed by atoms with Crippen LogP contribution in [0.3, 0.4) is 0 Å². The van der Waals surface area contributed by atoms with Gasteiger partial charge < -0.3 is 10.4 Å². The SMILES string of the molecule is O=C(O)/C=C/c1cccc(C(=O)NC2CCSC2)c1. The number of carbonyl (C=O) groups excluding carboxylic acids is 1. The van der Waals surface area contributed by atoms with Gasteiger partial charge in [0.15, 0.2) is 0 Å². The van der Waals surface area contributed by atoms with E-state index in [2.05, 4.69) is 5.32 Å². The van der Waals surface area contributed by atoms with Gasteiger partial charge in [-0.3, -0.25) is 4.79 Å². The van der Waals surface area contributed by atoms with E-state index in [-0.39, 0.29) is 11.9 Å². The number of hydrogen-bond acceptors (Lipinski definition) is 3. The lowest BCUT2D eigenvalue weighted by atomic mass is 10.1. The minimum Gasteiger partial charge on any atom is -0.478 e. The molecule has 0 spiro atoms. The molecule has 1 fully saturated rings. The summed E-state index contributed by atoms with van der Waals surface area (Å²) in [5.74, 6) is 0.951. The first-order valence-electron chi connectivity index (χ1n) is 6.05. The molecule has 1 aromatic rings. The maximum Gasteiger partial charge on any atom is 0.328 e. The molecule has 1 saturated heterocycles. The van der Waals surface area contributed by atoms with Crippen LogP contribution in [0, 0.1) is 0 Å². The molecule has 0 saturated carbocycles. The molecule has 0 aromatic heterocycles. The summed E-state index contributed by atoms with van der Waals surface area (Å²) in [5.41, 5.74) is 1.26. The summed E-state index contributed by atoms with van der Waals surface area (Å²) < 4.78 is 0. The van der Waals surface area contributed by atoms with E-state index in [1.165, 1.54) is 6.08 Å². The molecule has 0 bridgehead atoms. The molecule has 2 N–H and O–H groups in total. The van der Waals surface area contributed by atoms with Crippen molar-refractivity contribution in [2.75, 3.05) is 11.5 Å². The fourth-order valence-electron chi connectivity index (χ4n) is 1.87. The van der Waals surface area contributed by atoms with Gasteiger partial charge >= 0.3 is 5.97 Å². The van der Waals surface area contributed by atoms with Gasteiger partial charge in [-0.25, -0.2) is 4.79 Å². The third kappa shape index (κ3) is 4.13. The van der Waals surface area contributed by atoms with Crippen molar-refractivity contribution < 1.29 is 14.7 Å². The van der Waals surface area contributed by atoms with Crippen molar-refractivity contribution in [2.24, 2.45) is 0 Å². The van der Waals surface area contributed by atoms with Gasteiger partial charge in [-0.1, -0.05) is 12.1 Å². The van der Waals surface area contributed by atoms with E-state index < -0.39 is 5.97 Å². The summed E-state index contributed by atoms with van der Waals surface area (Å²) in [6.45, 7) is 0. The summed E-state index contributed by atoms with van der Waals surface area (Å²) in [4.78, 5) is 22.5. The topological polar surface area (TPSA) is 66.4 Å². The molecule has 1 aromatic carbocycles. The van der Waals surface area contributed by atoms with E-state index in [1.807, 2.05) is 11.8 Å². The molecule has 100 valence electrons. The van der Waals surface area contributed by atoms with Gasteiger partial charge in [0, 0.05) is 23.4 Å². The maximum absolute atomic E-state index is 12.0. The number of hydrogen-bond donors (Lipinski definition) is 2. The lowest BCUT2D eigenvalue weighted by Gasteiger charge is -2.11. The molecule has 1 aliphatic rings. The van der Waals surface area contributed by atoms with Crippen LogP contribution < -0.4 is 5.32 Å². The van der Waals surface area contributed by atoms with Crippen molar-refractivity contribution in [1.82, 2.24) is 5.32 Å². The largest absolute Gasteiger partial charge is 0.478 e. The molecule has 0 aliphatic carbocycles. The maximum atomic E-state index is 12.0. The Hall–Kier alpha value is -1.75. The predicted octanol–water partition coefficient (Wildman–Crippen LogP) is 2.02. The summed E-state index contributed by atoms with van der Waals surface area (Å²) in [7, 11) is 0. The molecule has 5 heteroatoms. The van der Waals surface area contributed by atoms with Gasteiger partial charge in [0.05, 0.1) is 0 Å². The number of amides is 1. The number of carboxylic acid groups (broad SMARTS) is 1. The van der Waals surface area contributed by atoms with Gasteiger partial charge in [-0.2, -0.15) is 11.8 Å². The van der Waals surface area contributed by atoms with E-state index in [1.54, 1.807) is 24.3 Å². The van der Waals surface area contributed by atoms with Crippen molar-refractivity contribution in [1.29, 1.82) is 0 Å². The van der Waals surface area contributed by atoms with Crippen LogP contribution in [0.5, 0.6) is 0 Å². The summed E-state index contributed by atoms with van der Waals surface area (Å²) >= 11 is 1.84. The molecule has 2 rings (SSSR count). The number of carbonyl (C=O) groups is 2. The standard InChI is InChI=1S/C14H15NO3S/c16-13(17)5-4-10-2-1-3-11(8-10)14(18)15-12-6-7-19-9-12/h1-5,8,12H,6-7,9H2,(H,15,18)(H,16,17)/b5-4+. The van der Waals surface area contributed by atoms with Crippen LogP contribution >= 0.6 is 11.8 Å². The molecule has 1 unspecified atom stereocenters. The minimum absolute atomic E-state index is 0.0990. The molecule has 1 amide bonds. The molecule has 19 heavy (non-hydrogen) atoms. The average Bonchev–Trinajstić information content (AvgIpc) is 2.89. The highest BCUT2D eigenvalue weighted by atomic mass is 32.2. The highest BCUT2D eigenvalue weighted by Crippen LogP contribution is 2.17. The van der Waals surface area contributed by atoms with Crippen molar-refractivity contribution in [3.63, 3.8) is 0 Å². The summed E-state index contributed by atoms with van der Waals surface area (Å²) in [6, 6.07) is 7.18. The van der Waals surface area contributed by atoms with Crippen LogP contribution in [-0.4, -0.2) is 34.5 Å². The molecule has 1 atom stereocenters. The quantitative estimate of drug-likeness (QED) is 0.826. The summed E-state index contributed by atoms with van der Waals surface area (Å²) in [5, 5.41) is 11.6. The van der Waals surface area contributed by atoms with E-state index >= 15 is 0 Å². The third-order valence-corrected chi connectivity index (χ3v) is 3.99. The van der Waals surface area contributed by atoms with E-state index in [0.29, 0.717) is 11.1 Å². The van der Waals surface area contributed by atoms with Gasteiger partial charge in [0.1, 0.15) is 0 Å². The van der Waals surface area contributed by atoms with Crippen LogP contribution in [0.1, 0.15) is 22.3 Å². The van der Waals surface area contributed by atoms with Gasteiger partial charge in [0.25, 0.3) is 5.91 Å². The number of benzene rings is 1.